The molecular weight excluding hydrogens is 258 g/mol. The van der Waals surface area contributed by atoms with Gasteiger partial charge in [-0.1, -0.05) is 6.07 Å². The molecule has 2 rings (SSSR count). The highest BCUT2D eigenvalue weighted by molar-refractivity contribution is 9.10. The molecule has 3 nitrogen and oxygen atoms in total. The second kappa shape index (κ2) is 4.02. The Labute approximate surface area is 97.9 Å². The molecule has 0 amide bonds. The molecule has 0 radical (unpaired) electrons. The minimum absolute atomic E-state index is 0.114. The van der Waals surface area contributed by atoms with Gasteiger partial charge in [-0.25, -0.2) is 0 Å². The first kappa shape index (κ1) is 10.8. The van der Waals surface area contributed by atoms with Gasteiger partial charge in [0.25, 0.3) is 0 Å². The number of hydrogen-bond acceptors (Lipinski definition) is 3. The van der Waals surface area contributed by atoms with Crippen LogP contribution in [0.2, 0.25) is 0 Å². The summed E-state index contributed by atoms with van der Waals surface area (Å²) in [6.07, 6.45) is 0. The number of benzene rings is 1. The monoisotopic (exact) mass is 271 g/mol. The van der Waals surface area contributed by atoms with Gasteiger partial charge >= 0.3 is 0 Å². The van der Waals surface area contributed by atoms with Gasteiger partial charge in [-0.3, -0.25) is 0 Å². The van der Waals surface area contributed by atoms with Crippen LogP contribution in [0.1, 0.15) is 6.92 Å². The van der Waals surface area contributed by atoms with E-state index in [1.807, 2.05) is 18.2 Å². The molecular formula is C11H14BrNO2. The van der Waals surface area contributed by atoms with Crippen molar-refractivity contribution in [1.29, 1.82) is 0 Å². The minimum atomic E-state index is -0.114. The fourth-order valence-electron chi connectivity index (χ4n) is 1.54. The van der Waals surface area contributed by atoms with E-state index in [0.717, 1.165) is 29.1 Å². The van der Waals surface area contributed by atoms with Crippen LogP contribution in [-0.4, -0.2) is 25.8 Å². The van der Waals surface area contributed by atoms with E-state index in [1.54, 1.807) is 7.11 Å². The molecule has 1 N–H and O–H groups in total. The van der Waals surface area contributed by atoms with Gasteiger partial charge in [0.2, 0.25) is 0 Å². The van der Waals surface area contributed by atoms with Crippen molar-refractivity contribution in [3.8, 4) is 11.5 Å². The topological polar surface area (TPSA) is 30.5 Å². The van der Waals surface area contributed by atoms with Crippen LogP contribution in [0.25, 0.3) is 0 Å². The van der Waals surface area contributed by atoms with Crippen molar-refractivity contribution in [3.05, 3.63) is 22.7 Å². The van der Waals surface area contributed by atoms with Crippen molar-refractivity contribution in [1.82, 2.24) is 5.32 Å². The molecule has 1 heterocycles. The molecule has 0 atom stereocenters. The van der Waals surface area contributed by atoms with Crippen LogP contribution in [-0.2, 0) is 0 Å². The summed E-state index contributed by atoms with van der Waals surface area (Å²) >= 11 is 3.47. The Morgan fingerprint density at radius 2 is 2.13 bits per heavy atom. The van der Waals surface area contributed by atoms with Crippen molar-refractivity contribution in [2.45, 2.75) is 12.5 Å². The van der Waals surface area contributed by atoms with Crippen LogP contribution in [0.4, 0.5) is 0 Å². The van der Waals surface area contributed by atoms with Crippen LogP contribution in [0.5, 0.6) is 11.5 Å². The Bertz CT molecular complexity index is 364. The van der Waals surface area contributed by atoms with E-state index in [4.69, 9.17) is 9.47 Å². The molecule has 0 aliphatic carbocycles. The Kier molecular flexibility index (Phi) is 2.89. The molecule has 1 fully saturated rings. The van der Waals surface area contributed by atoms with Crippen LogP contribution in [0.15, 0.2) is 22.7 Å². The fourth-order valence-corrected chi connectivity index (χ4v) is 1.97. The second-order valence-electron chi connectivity index (χ2n) is 3.93. The molecule has 0 unspecified atom stereocenters. The van der Waals surface area contributed by atoms with E-state index in [0.29, 0.717) is 0 Å². The summed E-state index contributed by atoms with van der Waals surface area (Å²) in [5.74, 6) is 1.54. The average molecular weight is 272 g/mol. The summed E-state index contributed by atoms with van der Waals surface area (Å²) in [6, 6.07) is 5.78. The number of para-hydroxylation sites is 1. The van der Waals surface area contributed by atoms with Gasteiger partial charge in [0, 0.05) is 13.1 Å². The summed E-state index contributed by atoms with van der Waals surface area (Å²) in [4.78, 5) is 0. The van der Waals surface area contributed by atoms with Crippen molar-refractivity contribution in [2.75, 3.05) is 20.2 Å². The zero-order valence-corrected chi connectivity index (χ0v) is 10.4. The van der Waals surface area contributed by atoms with Crippen molar-refractivity contribution < 1.29 is 9.47 Å². The van der Waals surface area contributed by atoms with E-state index in [2.05, 4.69) is 28.2 Å². The maximum Gasteiger partial charge on any atom is 0.176 e. The third-order valence-corrected chi connectivity index (χ3v) is 3.12. The SMILES string of the molecule is COc1cccc(Br)c1OC1(C)CNC1. The van der Waals surface area contributed by atoms with E-state index in [9.17, 15) is 0 Å². The predicted octanol–water partition coefficient (Wildman–Crippen LogP) is 2.20. The van der Waals surface area contributed by atoms with Gasteiger partial charge < -0.3 is 14.8 Å². The highest BCUT2D eigenvalue weighted by Gasteiger charge is 2.35. The van der Waals surface area contributed by atoms with E-state index in [1.165, 1.54) is 0 Å². The normalized spacial score (nSPS) is 18.1. The van der Waals surface area contributed by atoms with Gasteiger partial charge in [-0.05, 0) is 35.0 Å². The maximum atomic E-state index is 5.96. The zero-order valence-electron chi connectivity index (χ0n) is 8.84. The fraction of sp³-hybridized carbons (Fsp3) is 0.455. The molecule has 1 aliphatic rings. The number of halogens is 1. The number of methoxy groups -OCH3 is 1. The highest BCUT2D eigenvalue weighted by atomic mass is 79.9. The highest BCUT2D eigenvalue weighted by Crippen LogP contribution is 2.37. The lowest BCUT2D eigenvalue weighted by Gasteiger charge is -2.39. The average Bonchev–Trinajstić information content (AvgIpc) is 2.18. The molecule has 4 heteroatoms. The first-order valence-corrected chi connectivity index (χ1v) is 5.66. The predicted molar refractivity (Wildman–Crippen MR) is 62.6 cm³/mol. The van der Waals surface area contributed by atoms with Crippen LogP contribution in [0, 0.1) is 0 Å². The summed E-state index contributed by atoms with van der Waals surface area (Å²) in [6.45, 7) is 3.83. The van der Waals surface area contributed by atoms with Crippen molar-refractivity contribution in [2.24, 2.45) is 0 Å². The minimum Gasteiger partial charge on any atom is -0.493 e. The van der Waals surface area contributed by atoms with E-state index < -0.39 is 0 Å². The number of rotatable bonds is 3. The number of nitrogens with one attached hydrogen (secondary N) is 1. The van der Waals surface area contributed by atoms with Gasteiger partial charge in [-0.15, -0.1) is 0 Å². The first-order valence-electron chi connectivity index (χ1n) is 4.87. The Balaban J connectivity index is 2.26. The molecule has 0 saturated carbocycles. The van der Waals surface area contributed by atoms with Crippen molar-refractivity contribution in [3.63, 3.8) is 0 Å². The summed E-state index contributed by atoms with van der Waals surface area (Å²) in [5.41, 5.74) is -0.114. The molecule has 1 saturated heterocycles. The van der Waals surface area contributed by atoms with Gasteiger partial charge in [0.15, 0.2) is 11.5 Å². The largest absolute Gasteiger partial charge is 0.493 e. The van der Waals surface area contributed by atoms with E-state index >= 15 is 0 Å². The van der Waals surface area contributed by atoms with Gasteiger partial charge in [0.1, 0.15) is 5.60 Å². The Hall–Kier alpha value is -0.740. The molecule has 0 bridgehead atoms. The Morgan fingerprint density at radius 3 is 2.67 bits per heavy atom. The molecule has 0 aromatic heterocycles. The molecule has 0 spiro atoms. The maximum absolute atomic E-state index is 5.96. The standard InChI is InChI=1S/C11H14BrNO2/c1-11(6-13-7-11)15-10-8(12)4-3-5-9(10)14-2/h3-5,13H,6-7H2,1-2H3. The van der Waals surface area contributed by atoms with Crippen LogP contribution < -0.4 is 14.8 Å². The van der Waals surface area contributed by atoms with E-state index in [-0.39, 0.29) is 5.60 Å². The van der Waals surface area contributed by atoms with Gasteiger partial charge in [-0.2, -0.15) is 0 Å². The summed E-state index contributed by atoms with van der Waals surface area (Å²) in [5, 5.41) is 3.20. The quantitative estimate of drug-likeness (QED) is 0.915. The molecule has 1 aromatic rings. The third-order valence-electron chi connectivity index (χ3n) is 2.50. The van der Waals surface area contributed by atoms with Crippen molar-refractivity contribution >= 4 is 15.9 Å². The smallest absolute Gasteiger partial charge is 0.176 e. The number of ether oxygens (including phenoxy) is 2. The molecule has 82 valence electrons. The third kappa shape index (κ3) is 2.11. The zero-order chi connectivity index (χ0) is 10.9. The lowest BCUT2D eigenvalue weighted by Crippen LogP contribution is -2.61. The summed E-state index contributed by atoms with van der Waals surface area (Å²) in [7, 11) is 1.65. The molecule has 15 heavy (non-hydrogen) atoms. The molecule has 1 aromatic carbocycles. The van der Waals surface area contributed by atoms with Gasteiger partial charge in [0.05, 0.1) is 11.6 Å². The van der Waals surface area contributed by atoms with Crippen LogP contribution >= 0.6 is 15.9 Å². The number of hydrogen-bond donors (Lipinski definition) is 1. The molecule has 1 aliphatic heterocycles. The first-order chi connectivity index (χ1) is 7.14. The van der Waals surface area contributed by atoms with Crippen LogP contribution in [0.3, 0.4) is 0 Å². The lowest BCUT2D eigenvalue weighted by atomic mass is 10.00. The second-order valence-corrected chi connectivity index (χ2v) is 4.78. The lowest BCUT2D eigenvalue weighted by molar-refractivity contribution is 0.0316. The Morgan fingerprint density at radius 1 is 1.40 bits per heavy atom. The summed E-state index contributed by atoms with van der Waals surface area (Å²) < 4.78 is 12.1.